The van der Waals surface area contributed by atoms with Gasteiger partial charge in [0.1, 0.15) is 6.04 Å². The van der Waals surface area contributed by atoms with E-state index >= 15 is 0 Å². The van der Waals surface area contributed by atoms with Crippen molar-refractivity contribution >= 4 is 23.6 Å². The molecule has 2 rings (SSSR count). The molecule has 1 unspecified atom stereocenters. The van der Waals surface area contributed by atoms with E-state index in [2.05, 4.69) is 4.98 Å². The van der Waals surface area contributed by atoms with E-state index in [0.717, 1.165) is 37.7 Å². The fourth-order valence-electron chi connectivity index (χ4n) is 2.15. The third-order valence-electron chi connectivity index (χ3n) is 3.15. The third kappa shape index (κ3) is 3.28. The molecular formula is C12H17N3O3S. The minimum absolute atomic E-state index is 0.0539. The molecule has 1 atom stereocenters. The molecule has 1 aliphatic rings. The highest BCUT2D eigenvalue weighted by atomic mass is 32.2. The van der Waals surface area contributed by atoms with Gasteiger partial charge in [-0.1, -0.05) is 11.8 Å². The maximum absolute atomic E-state index is 12.3. The lowest BCUT2D eigenvalue weighted by Crippen LogP contribution is -2.34. The second-order valence-electron chi connectivity index (χ2n) is 4.51. The molecule has 1 aromatic rings. The molecule has 0 saturated carbocycles. The van der Waals surface area contributed by atoms with Crippen molar-refractivity contribution < 1.29 is 14.7 Å². The number of nitrogens with zero attached hydrogens (tertiary/aromatic N) is 3. The SMILES string of the molecule is CC(C(=O)N1CCCC1)n1ccnc1SCC(=O)O. The number of hydrogen-bond acceptors (Lipinski definition) is 4. The number of carbonyl (C=O) groups excluding carboxylic acids is 1. The van der Waals surface area contributed by atoms with Crippen LogP contribution in [0.1, 0.15) is 25.8 Å². The third-order valence-corrected chi connectivity index (χ3v) is 4.12. The summed E-state index contributed by atoms with van der Waals surface area (Å²) in [7, 11) is 0. The van der Waals surface area contributed by atoms with Crippen LogP contribution in [0, 0.1) is 0 Å². The number of likely N-dealkylation sites (tertiary alicyclic amines) is 1. The Morgan fingerprint density at radius 1 is 1.47 bits per heavy atom. The second kappa shape index (κ2) is 6.10. The average molecular weight is 283 g/mol. The van der Waals surface area contributed by atoms with E-state index in [1.165, 1.54) is 0 Å². The van der Waals surface area contributed by atoms with Crippen LogP contribution in [0.2, 0.25) is 0 Å². The van der Waals surface area contributed by atoms with Crippen molar-refractivity contribution in [3.05, 3.63) is 12.4 Å². The summed E-state index contributed by atoms with van der Waals surface area (Å²) < 4.78 is 1.74. The Balaban J connectivity index is 2.05. The Hall–Kier alpha value is -1.50. The van der Waals surface area contributed by atoms with Crippen molar-refractivity contribution in [3.8, 4) is 0 Å². The van der Waals surface area contributed by atoms with Crippen LogP contribution in [0.3, 0.4) is 0 Å². The normalized spacial score (nSPS) is 16.6. The summed E-state index contributed by atoms with van der Waals surface area (Å²) in [5.41, 5.74) is 0. The average Bonchev–Trinajstić information content (AvgIpc) is 3.05. The molecule has 1 aliphatic heterocycles. The highest BCUT2D eigenvalue weighted by molar-refractivity contribution is 7.99. The largest absolute Gasteiger partial charge is 0.481 e. The molecule has 1 aromatic heterocycles. The highest BCUT2D eigenvalue weighted by Gasteiger charge is 2.25. The van der Waals surface area contributed by atoms with Crippen LogP contribution in [0.5, 0.6) is 0 Å². The van der Waals surface area contributed by atoms with Crippen LogP contribution in [0.4, 0.5) is 0 Å². The van der Waals surface area contributed by atoms with Crippen LogP contribution in [0.25, 0.3) is 0 Å². The Bertz CT molecular complexity index is 469. The minimum Gasteiger partial charge on any atom is -0.481 e. The Morgan fingerprint density at radius 3 is 2.79 bits per heavy atom. The zero-order chi connectivity index (χ0) is 13.8. The van der Waals surface area contributed by atoms with E-state index in [1.807, 2.05) is 11.8 Å². The molecule has 7 heteroatoms. The molecule has 1 saturated heterocycles. The Morgan fingerprint density at radius 2 is 2.16 bits per heavy atom. The summed E-state index contributed by atoms with van der Waals surface area (Å²) in [5.74, 6) is -0.868. The molecule has 1 N–H and O–H groups in total. The lowest BCUT2D eigenvalue weighted by Gasteiger charge is -2.22. The maximum atomic E-state index is 12.3. The smallest absolute Gasteiger partial charge is 0.313 e. The number of carboxylic acids is 1. The zero-order valence-corrected chi connectivity index (χ0v) is 11.6. The van der Waals surface area contributed by atoms with E-state index < -0.39 is 5.97 Å². The predicted molar refractivity (Wildman–Crippen MR) is 71.1 cm³/mol. The van der Waals surface area contributed by atoms with Gasteiger partial charge in [-0.2, -0.15) is 0 Å². The molecule has 0 spiro atoms. The van der Waals surface area contributed by atoms with Gasteiger partial charge in [0.15, 0.2) is 5.16 Å². The quantitative estimate of drug-likeness (QED) is 0.823. The number of thioether (sulfide) groups is 1. The molecule has 104 valence electrons. The number of aliphatic carboxylic acids is 1. The summed E-state index contributed by atoms with van der Waals surface area (Å²) in [6.45, 7) is 3.46. The minimum atomic E-state index is -0.891. The molecule has 19 heavy (non-hydrogen) atoms. The standard InChI is InChI=1S/C12H17N3O3S/c1-9(11(18)14-5-2-3-6-14)15-7-4-13-12(15)19-8-10(16)17/h4,7,9H,2-3,5-6,8H2,1H3,(H,16,17). The van der Waals surface area contributed by atoms with E-state index in [1.54, 1.807) is 17.0 Å². The van der Waals surface area contributed by atoms with Gasteiger partial charge >= 0.3 is 5.97 Å². The van der Waals surface area contributed by atoms with E-state index in [-0.39, 0.29) is 17.7 Å². The topological polar surface area (TPSA) is 75.4 Å². The van der Waals surface area contributed by atoms with Crippen molar-refractivity contribution in [2.75, 3.05) is 18.8 Å². The van der Waals surface area contributed by atoms with E-state index in [4.69, 9.17) is 5.11 Å². The van der Waals surface area contributed by atoms with Crippen molar-refractivity contribution in [1.82, 2.24) is 14.5 Å². The van der Waals surface area contributed by atoms with Crippen LogP contribution < -0.4 is 0 Å². The van der Waals surface area contributed by atoms with Crippen LogP contribution in [0.15, 0.2) is 17.6 Å². The van der Waals surface area contributed by atoms with Crippen LogP contribution >= 0.6 is 11.8 Å². The van der Waals surface area contributed by atoms with Crippen LogP contribution in [-0.2, 0) is 9.59 Å². The molecule has 6 nitrogen and oxygen atoms in total. The number of imidazole rings is 1. The summed E-state index contributed by atoms with van der Waals surface area (Å²) >= 11 is 1.13. The first-order valence-electron chi connectivity index (χ1n) is 6.26. The number of carboxylic acid groups (broad SMARTS) is 1. The van der Waals surface area contributed by atoms with E-state index in [0.29, 0.717) is 5.16 Å². The van der Waals surface area contributed by atoms with Gasteiger partial charge in [0, 0.05) is 25.5 Å². The van der Waals surface area contributed by atoms with Gasteiger partial charge in [-0.15, -0.1) is 0 Å². The lowest BCUT2D eigenvalue weighted by molar-refractivity contribution is -0.134. The van der Waals surface area contributed by atoms with Gasteiger partial charge in [0.2, 0.25) is 5.91 Å². The van der Waals surface area contributed by atoms with Crippen molar-refractivity contribution in [1.29, 1.82) is 0 Å². The van der Waals surface area contributed by atoms with Gasteiger partial charge in [-0.3, -0.25) is 9.59 Å². The van der Waals surface area contributed by atoms with Crippen molar-refractivity contribution in [2.24, 2.45) is 0 Å². The molecular weight excluding hydrogens is 266 g/mol. The Kier molecular flexibility index (Phi) is 4.47. The summed E-state index contributed by atoms with van der Waals surface area (Å²) in [6.07, 6.45) is 5.44. The first-order chi connectivity index (χ1) is 9.09. The van der Waals surface area contributed by atoms with Crippen LogP contribution in [-0.4, -0.2) is 50.3 Å². The second-order valence-corrected chi connectivity index (χ2v) is 5.45. The van der Waals surface area contributed by atoms with Gasteiger partial charge in [-0.25, -0.2) is 4.98 Å². The summed E-state index contributed by atoms with van der Waals surface area (Å²) in [4.78, 5) is 28.8. The van der Waals surface area contributed by atoms with Gasteiger partial charge < -0.3 is 14.6 Å². The fraction of sp³-hybridized carbons (Fsp3) is 0.583. The molecule has 2 heterocycles. The number of carbonyl (C=O) groups is 2. The predicted octanol–water partition coefficient (Wildman–Crippen LogP) is 1.24. The number of aromatic nitrogens is 2. The van der Waals surface area contributed by atoms with E-state index in [9.17, 15) is 9.59 Å². The molecule has 0 radical (unpaired) electrons. The fourth-order valence-corrected chi connectivity index (χ4v) is 2.91. The van der Waals surface area contributed by atoms with Gasteiger partial charge in [0.05, 0.1) is 5.75 Å². The Labute approximate surface area is 115 Å². The molecule has 0 aliphatic carbocycles. The molecule has 0 bridgehead atoms. The first-order valence-corrected chi connectivity index (χ1v) is 7.24. The maximum Gasteiger partial charge on any atom is 0.313 e. The molecule has 1 amide bonds. The zero-order valence-electron chi connectivity index (χ0n) is 10.8. The first kappa shape index (κ1) is 13.9. The number of hydrogen-bond donors (Lipinski definition) is 1. The van der Waals surface area contributed by atoms with Crippen molar-refractivity contribution in [3.63, 3.8) is 0 Å². The highest BCUT2D eigenvalue weighted by Crippen LogP contribution is 2.22. The summed E-state index contributed by atoms with van der Waals surface area (Å²) in [6, 6.07) is -0.336. The molecule has 1 fully saturated rings. The molecule has 0 aromatic carbocycles. The van der Waals surface area contributed by atoms with Gasteiger partial charge in [-0.05, 0) is 19.8 Å². The number of rotatable bonds is 5. The van der Waals surface area contributed by atoms with Gasteiger partial charge in [0.25, 0.3) is 0 Å². The lowest BCUT2D eigenvalue weighted by atomic mass is 10.3. The number of amides is 1. The summed E-state index contributed by atoms with van der Waals surface area (Å²) in [5, 5.41) is 9.26. The van der Waals surface area contributed by atoms with Crippen molar-refractivity contribution in [2.45, 2.75) is 31.0 Å². The monoisotopic (exact) mass is 283 g/mol.